The quantitative estimate of drug-likeness (QED) is 0.335. The SMILES string of the molecule is Br.Cc1nc2ccc(Cl)cn2c1-c1csc(Nc2c(Cl)cccc2Cl)n1. The van der Waals surface area contributed by atoms with E-state index in [-0.39, 0.29) is 17.0 Å². The van der Waals surface area contributed by atoms with Crippen LogP contribution in [0.4, 0.5) is 10.8 Å². The number of para-hydroxylation sites is 1. The summed E-state index contributed by atoms with van der Waals surface area (Å²) in [6, 6.07) is 9.06. The molecule has 0 saturated heterocycles. The second kappa shape index (κ2) is 7.74. The number of nitrogens with zero attached hydrogens (tertiary/aromatic N) is 3. The minimum absolute atomic E-state index is 0. The van der Waals surface area contributed by atoms with Gasteiger partial charge in [0, 0.05) is 11.6 Å². The van der Waals surface area contributed by atoms with Crippen molar-refractivity contribution in [2.45, 2.75) is 6.92 Å². The lowest BCUT2D eigenvalue weighted by molar-refractivity contribution is 1.17. The molecule has 0 unspecified atom stereocenters. The highest BCUT2D eigenvalue weighted by Crippen LogP contribution is 2.35. The molecule has 0 saturated carbocycles. The van der Waals surface area contributed by atoms with Crippen LogP contribution in [0, 0.1) is 6.92 Å². The maximum atomic E-state index is 6.21. The molecular formula is C17H12BrCl3N4S. The number of aromatic nitrogens is 3. The third-order valence-corrected chi connectivity index (χ3v) is 5.31. The first-order valence-electron chi connectivity index (χ1n) is 7.34. The van der Waals surface area contributed by atoms with Crippen molar-refractivity contribution in [3.05, 3.63) is 62.7 Å². The van der Waals surface area contributed by atoms with E-state index in [4.69, 9.17) is 34.8 Å². The topological polar surface area (TPSA) is 42.2 Å². The van der Waals surface area contributed by atoms with Gasteiger partial charge in [-0.2, -0.15) is 0 Å². The molecule has 0 aliphatic rings. The maximum absolute atomic E-state index is 6.21. The molecule has 0 radical (unpaired) electrons. The van der Waals surface area contributed by atoms with Crippen molar-refractivity contribution < 1.29 is 0 Å². The molecule has 1 N–H and O–H groups in total. The van der Waals surface area contributed by atoms with Gasteiger partial charge in [0.25, 0.3) is 0 Å². The second-order valence-electron chi connectivity index (χ2n) is 5.38. The first-order valence-corrected chi connectivity index (χ1v) is 9.35. The lowest BCUT2D eigenvalue weighted by Crippen LogP contribution is -1.93. The van der Waals surface area contributed by atoms with Gasteiger partial charge in [0.15, 0.2) is 5.13 Å². The molecule has 1 aromatic carbocycles. The highest BCUT2D eigenvalue weighted by Gasteiger charge is 2.15. The second-order valence-corrected chi connectivity index (χ2v) is 7.49. The number of rotatable bonds is 3. The van der Waals surface area contributed by atoms with Gasteiger partial charge < -0.3 is 5.32 Å². The maximum Gasteiger partial charge on any atom is 0.187 e. The number of hydrogen-bond acceptors (Lipinski definition) is 4. The molecule has 0 bridgehead atoms. The van der Waals surface area contributed by atoms with Crippen molar-refractivity contribution in [3.63, 3.8) is 0 Å². The molecule has 4 nitrogen and oxygen atoms in total. The number of fused-ring (bicyclic) bond motifs is 1. The third kappa shape index (κ3) is 3.57. The summed E-state index contributed by atoms with van der Waals surface area (Å²) >= 11 is 20.0. The predicted molar refractivity (Wildman–Crippen MR) is 116 cm³/mol. The number of nitrogens with one attached hydrogen (secondary N) is 1. The lowest BCUT2D eigenvalue weighted by Gasteiger charge is -2.07. The number of anilines is 2. The zero-order valence-corrected chi connectivity index (χ0v) is 18.1. The Morgan fingerprint density at radius 2 is 1.77 bits per heavy atom. The van der Waals surface area contributed by atoms with E-state index in [0.717, 1.165) is 22.7 Å². The van der Waals surface area contributed by atoms with Crippen LogP contribution >= 0.6 is 63.1 Å². The Kier molecular flexibility index (Phi) is 5.79. The van der Waals surface area contributed by atoms with E-state index in [1.54, 1.807) is 18.2 Å². The van der Waals surface area contributed by atoms with Gasteiger partial charge in [-0.15, -0.1) is 28.3 Å². The van der Waals surface area contributed by atoms with Crippen LogP contribution in [0.15, 0.2) is 41.9 Å². The number of halogens is 4. The standard InChI is InChI=1S/C17H11Cl3N4S.BrH/c1-9-16(24-7-10(18)5-6-14(24)21-9)13-8-25-17(22-13)23-15-11(19)3-2-4-12(15)20;/h2-8H,1H3,(H,22,23);1H. The Balaban J connectivity index is 0.00000196. The highest BCUT2D eigenvalue weighted by molar-refractivity contribution is 8.93. The van der Waals surface area contributed by atoms with Gasteiger partial charge in [-0.1, -0.05) is 40.9 Å². The summed E-state index contributed by atoms with van der Waals surface area (Å²) in [7, 11) is 0. The third-order valence-electron chi connectivity index (χ3n) is 3.70. The highest BCUT2D eigenvalue weighted by atomic mass is 79.9. The fraction of sp³-hybridized carbons (Fsp3) is 0.0588. The molecule has 3 aromatic heterocycles. The van der Waals surface area contributed by atoms with Crippen LogP contribution in [0.1, 0.15) is 5.69 Å². The predicted octanol–water partition coefficient (Wildman–Crippen LogP) is 7.05. The Bertz CT molecular complexity index is 1070. The lowest BCUT2D eigenvalue weighted by atomic mass is 10.3. The van der Waals surface area contributed by atoms with Gasteiger partial charge in [-0.3, -0.25) is 4.40 Å². The van der Waals surface area contributed by atoms with Gasteiger partial charge in [0.2, 0.25) is 0 Å². The van der Waals surface area contributed by atoms with Crippen LogP contribution < -0.4 is 5.32 Å². The minimum atomic E-state index is 0. The molecule has 0 spiro atoms. The van der Waals surface area contributed by atoms with E-state index < -0.39 is 0 Å². The molecule has 134 valence electrons. The van der Waals surface area contributed by atoms with E-state index in [1.807, 2.05) is 35.0 Å². The van der Waals surface area contributed by atoms with Crippen molar-refractivity contribution in [2.75, 3.05) is 5.32 Å². The molecule has 4 rings (SSSR count). The molecule has 0 atom stereocenters. The Morgan fingerprint density at radius 1 is 1.04 bits per heavy atom. The molecule has 3 heterocycles. The number of imidazole rings is 1. The summed E-state index contributed by atoms with van der Waals surface area (Å²) < 4.78 is 1.94. The summed E-state index contributed by atoms with van der Waals surface area (Å²) in [5, 5.41) is 7.58. The molecule has 0 amide bonds. The van der Waals surface area contributed by atoms with Crippen molar-refractivity contribution in [3.8, 4) is 11.4 Å². The van der Waals surface area contributed by atoms with Crippen LogP contribution in [0.25, 0.3) is 17.0 Å². The van der Waals surface area contributed by atoms with Gasteiger partial charge >= 0.3 is 0 Å². The van der Waals surface area contributed by atoms with E-state index in [1.165, 1.54) is 11.3 Å². The van der Waals surface area contributed by atoms with E-state index in [2.05, 4.69) is 15.3 Å². The summed E-state index contributed by atoms with van der Waals surface area (Å²) in [6.07, 6.45) is 1.84. The fourth-order valence-corrected chi connectivity index (χ4v) is 3.96. The number of hydrogen-bond donors (Lipinski definition) is 1. The average molecular weight is 491 g/mol. The summed E-state index contributed by atoms with van der Waals surface area (Å²) in [6.45, 7) is 1.95. The largest absolute Gasteiger partial charge is 0.329 e. The Hall–Kier alpha value is -1.31. The van der Waals surface area contributed by atoms with Crippen LogP contribution in [0.5, 0.6) is 0 Å². The smallest absolute Gasteiger partial charge is 0.187 e. The average Bonchev–Trinajstić information content (AvgIpc) is 3.14. The summed E-state index contributed by atoms with van der Waals surface area (Å²) in [5.41, 5.74) is 4.07. The number of aryl methyl sites for hydroxylation is 1. The van der Waals surface area contributed by atoms with Crippen LogP contribution in [0.3, 0.4) is 0 Å². The minimum Gasteiger partial charge on any atom is -0.329 e. The van der Waals surface area contributed by atoms with E-state index in [0.29, 0.717) is 25.9 Å². The number of benzene rings is 1. The van der Waals surface area contributed by atoms with Gasteiger partial charge in [-0.05, 0) is 31.2 Å². The Labute approximate surface area is 179 Å². The van der Waals surface area contributed by atoms with Crippen LogP contribution in [0.2, 0.25) is 15.1 Å². The first kappa shape index (κ1) is 19.5. The zero-order valence-electron chi connectivity index (χ0n) is 13.3. The van der Waals surface area contributed by atoms with Crippen LogP contribution in [-0.2, 0) is 0 Å². The van der Waals surface area contributed by atoms with Crippen molar-refractivity contribution in [2.24, 2.45) is 0 Å². The number of pyridine rings is 1. The summed E-state index contributed by atoms with van der Waals surface area (Å²) in [4.78, 5) is 9.22. The molecule has 0 aliphatic heterocycles. The molecular weight excluding hydrogens is 479 g/mol. The fourth-order valence-electron chi connectivity index (χ4n) is 2.61. The van der Waals surface area contributed by atoms with Gasteiger partial charge in [-0.25, -0.2) is 9.97 Å². The number of thiazole rings is 1. The molecule has 0 fully saturated rings. The van der Waals surface area contributed by atoms with E-state index >= 15 is 0 Å². The monoisotopic (exact) mass is 488 g/mol. The van der Waals surface area contributed by atoms with Crippen molar-refractivity contribution in [1.29, 1.82) is 0 Å². The zero-order chi connectivity index (χ0) is 17.6. The van der Waals surface area contributed by atoms with Gasteiger partial charge in [0.05, 0.1) is 32.1 Å². The molecule has 4 aromatic rings. The molecule has 26 heavy (non-hydrogen) atoms. The van der Waals surface area contributed by atoms with E-state index in [9.17, 15) is 0 Å². The normalized spacial score (nSPS) is 10.8. The van der Waals surface area contributed by atoms with Crippen LogP contribution in [-0.4, -0.2) is 14.4 Å². The van der Waals surface area contributed by atoms with Crippen molar-refractivity contribution in [1.82, 2.24) is 14.4 Å². The molecule has 0 aliphatic carbocycles. The van der Waals surface area contributed by atoms with Crippen molar-refractivity contribution >= 4 is 79.6 Å². The summed E-state index contributed by atoms with van der Waals surface area (Å²) in [5.74, 6) is 0. The molecule has 9 heteroatoms. The first-order chi connectivity index (χ1) is 12.0. The van der Waals surface area contributed by atoms with Gasteiger partial charge in [0.1, 0.15) is 11.3 Å². The Morgan fingerprint density at radius 3 is 2.50 bits per heavy atom.